The van der Waals surface area contributed by atoms with E-state index in [1.54, 1.807) is 11.3 Å². The smallest absolute Gasteiger partial charge is 0.275 e. The van der Waals surface area contributed by atoms with E-state index in [0.717, 1.165) is 51.8 Å². The van der Waals surface area contributed by atoms with E-state index in [2.05, 4.69) is 47.1 Å². The Morgan fingerprint density at radius 3 is 2.93 bits per heavy atom. The first kappa shape index (κ1) is 18.7. The van der Waals surface area contributed by atoms with Gasteiger partial charge in [0.25, 0.3) is 5.91 Å². The molecule has 3 atom stereocenters. The Bertz CT molecular complexity index is 741. The zero-order valence-corrected chi connectivity index (χ0v) is 16.6. The van der Waals surface area contributed by atoms with Crippen LogP contribution in [0, 0.1) is 0 Å². The second-order valence-corrected chi connectivity index (χ2v) is 8.77. The van der Waals surface area contributed by atoms with Gasteiger partial charge in [0.1, 0.15) is 19.2 Å². The highest BCUT2D eigenvalue weighted by Gasteiger charge is 2.26. The van der Waals surface area contributed by atoms with Gasteiger partial charge in [-0.15, -0.1) is 11.3 Å². The van der Waals surface area contributed by atoms with Crippen molar-refractivity contribution in [3.63, 3.8) is 0 Å². The highest BCUT2D eigenvalue weighted by Crippen LogP contribution is 2.29. The highest BCUT2D eigenvalue weighted by atomic mass is 32.1. The summed E-state index contributed by atoms with van der Waals surface area (Å²) in [7, 11) is 0. The molecule has 1 saturated heterocycles. The van der Waals surface area contributed by atoms with Crippen LogP contribution in [-0.4, -0.2) is 31.7 Å². The van der Waals surface area contributed by atoms with Crippen molar-refractivity contribution in [1.29, 1.82) is 0 Å². The van der Waals surface area contributed by atoms with Gasteiger partial charge in [-0.05, 0) is 54.7 Å². The van der Waals surface area contributed by atoms with E-state index in [9.17, 15) is 4.79 Å². The molecule has 4 rings (SSSR count). The maximum atomic E-state index is 12.9. The van der Waals surface area contributed by atoms with Crippen molar-refractivity contribution in [3.8, 4) is 0 Å². The first-order chi connectivity index (χ1) is 13.3. The number of hydrogen-bond acceptors (Lipinski definition) is 3. The van der Waals surface area contributed by atoms with Gasteiger partial charge in [-0.1, -0.05) is 30.3 Å². The Hall–Kier alpha value is -1.69. The molecule has 27 heavy (non-hydrogen) atoms. The summed E-state index contributed by atoms with van der Waals surface area (Å²) in [6, 6.07) is 12.9. The highest BCUT2D eigenvalue weighted by molar-refractivity contribution is 7.09. The molecule has 0 bridgehead atoms. The van der Waals surface area contributed by atoms with Gasteiger partial charge in [-0.2, -0.15) is 0 Å². The molecule has 0 radical (unpaired) electrons. The van der Waals surface area contributed by atoms with Crippen LogP contribution >= 0.6 is 11.3 Å². The van der Waals surface area contributed by atoms with E-state index in [-0.39, 0.29) is 11.9 Å². The minimum absolute atomic E-state index is 0.154. The molecule has 2 aromatic rings. The minimum Gasteiger partial charge on any atom is -0.372 e. The predicted octanol–water partition coefficient (Wildman–Crippen LogP) is 2.51. The monoisotopic (exact) mass is 385 g/mol. The Morgan fingerprint density at radius 1 is 1.19 bits per heavy atom. The second-order valence-electron chi connectivity index (χ2n) is 7.73. The fourth-order valence-corrected chi connectivity index (χ4v) is 5.15. The van der Waals surface area contributed by atoms with Gasteiger partial charge in [0.05, 0.1) is 10.9 Å². The van der Waals surface area contributed by atoms with Crippen LogP contribution in [0.1, 0.15) is 47.7 Å². The van der Waals surface area contributed by atoms with Gasteiger partial charge in [0, 0.05) is 6.61 Å². The molecule has 1 unspecified atom stereocenters. The molecule has 2 heterocycles. The SMILES string of the molecule is O=C(C[NH+](Cc1cccs1)C[C@@H]1CCCO1)N[C@@H]1CCCc2ccccc21. The van der Waals surface area contributed by atoms with Crippen molar-refractivity contribution in [2.75, 3.05) is 19.7 Å². The standard InChI is InChI=1S/C22H28N2O2S/c25-22(23-21-11-3-7-17-6-1-2-10-20(17)21)16-24(14-18-8-4-12-26-18)15-19-9-5-13-27-19/h1-2,5-6,9-10,13,18,21H,3-4,7-8,11-12,14-16H2,(H,23,25)/p+1/t18-,21+/m0/s1. The summed E-state index contributed by atoms with van der Waals surface area (Å²) in [4.78, 5) is 15.5. The Balaban J connectivity index is 1.39. The van der Waals surface area contributed by atoms with E-state index < -0.39 is 0 Å². The number of aryl methyl sites for hydroxylation is 1. The van der Waals surface area contributed by atoms with Crippen molar-refractivity contribution >= 4 is 17.2 Å². The van der Waals surface area contributed by atoms with Gasteiger partial charge in [-0.25, -0.2) is 0 Å². The molecule has 4 nitrogen and oxygen atoms in total. The Labute approximate surface area is 165 Å². The van der Waals surface area contributed by atoms with Crippen LogP contribution in [-0.2, 0) is 22.5 Å². The average Bonchev–Trinajstić information content (AvgIpc) is 3.36. The average molecular weight is 386 g/mol. The van der Waals surface area contributed by atoms with Crippen LogP contribution in [0.15, 0.2) is 41.8 Å². The third-order valence-electron chi connectivity index (χ3n) is 5.66. The number of carbonyl (C=O) groups is 1. The van der Waals surface area contributed by atoms with Crippen molar-refractivity contribution < 1.29 is 14.4 Å². The molecule has 0 spiro atoms. The van der Waals surface area contributed by atoms with E-state index in [0.29, 0.717) is 12.6 Å². The van der Waals surface area contributed by atoms with Crippen LogP contribution in [0.2, 0.25) is 0 Å². The quantitative estimate of drug-likeness (QED) is 0.769. The van der Waals surface area contributed by atoms with Crippen LogP contribution in [0.25, 0.3) is 0 Å². The maximum absolute atomic E-state index is 12.9. The fourth-order valence-electron chi connectivity index (χ4n) is 4.37. The number of carbonyl (C=O) groups excluding carboxylic acids is 1. The van der Waals surface area contributed by atoms with Crippen molar-refractivity contribution in [1.82, 2.24) is 5.32 Å². The normalized spacial score (nSPS) is 23.0. The van der Waals surface area contributed by atoms with Crippen LogP contribution in [0.5, 0.6) is 0 Å². The number of benzene rings is 1. The molecule has 0 saturated carbocycles. The topological polar surface area (TPSA) is 42.8 Å². The molecule has 1 aromatic heterocycles. The molecule has 1 amide bonds. The van der Waals surface area contributed by atoms with E-state index >= 15 is 0 Å². The zero-order chi connectivity index (χ0) is 18.5. The van der Waals surface area contributed by atoms with Gasteiger partial charge in [-0.3, -0.25) is 4.79 Å². The molecule has 1 aliphatic carbocycles. The van der Waals surface area contributed by atoms with Crippen LogP contribution < -0.4 is 10.2 Å². The van der Waals surface area contributed by atoms with Gasteiger partial charge in [0.2, 0.25) is 0 Å². The van der Waals surface area contributed by atoms with Gasteiger partial charge < -0.3 is 15.0 Å². The lowest BCUT2D eigenvalue weighted by atomic mass is 9.88. The summed E-state index contributed by atoms with van der Waals surface area (Å²) >= 11 is 1.77. The Morgan fingerprint density at radius 2 is 2.11 bits per heavy atom. The second kappa shape index (κ2) is 9.00. The van der Waals surface area contributed by atoms with E-state index in [4.69, 9.17) is 4.74 Å². The number of hydrogen-bond donors (Lipinski definition) is 2. The largest absolute Gasteiger partial charge is 0.372 e. The lowest BCUT2D eigenvalue weighted by molar-refractivity contribution is -0.908. The number of ether oxygens (including phenoxy) is 1. The fraction of sp³-hybridized carbons (Fsp3) is 0.500. The number of thiophene rings is 1. The zero-order valence-electron chi connectivity index (χ0n) is 15.8. The summed E-state index contributed by atoms with van der Waals surface area (Å²) in [6.07, 6.45) is 5.85. The molecular weight excluding hydrogens is 356 g/mol. The third-order valence-corrected chi connectivity index (χ3v) is 6.54. The van der Waals surface area contributed by atoms with Gasteiger partial charge in [0.15, 0.2) is 6.54 Å². The van der Waals surface area contributed by atoms with Crippen LogP contribution in [0.4, 0.5) is 0 Å². The van der Waals surface area contributed by atoms with Crippen molar-refractivity contribution in [2.45, 2.75) is 50.8 Å². The first-order valence-corrected chi connectivity index (χ1v) is 11.0. The van der Waals surface area contributed by atoms with Crippen molar-refractivity contribution in [3.05, 3.63) is 57.8 Å². The number of fused-ring (bicyclic) bond motifs is 1. The van der Waals surface area contributed by atoms with Crippen LogP contribution in [0.3, 0.4) is 0 Å². The molecule has 1 aliphatic heterocycles. The third kappa shape index (κ3) is 4.98. The predicted molar refractivity (Wildman–Crippen MR) is 108 cm³/mol. The molecule has 1 fully saturated rings. The summed E-state index contributed by atoms with van der Waals surface area (Å²) in [5, 5.41) is 5.42. The summed E-state index contributed by atoms with van der Waals surface area (Å²) in [6.45, 7) is 3.18. The molecule has 2 aliphatic rings. The maximum Gasteiger partial charge on any atom is 0.275 e. The summed E-state index contributed by atoms with van der Waals surface area (Å²) < 4.78 is 5.83. The minimum atomic E-state index is 0.154. The molecular formula is C22H29N2O2S+. The molecule has 2 N–H and O–H groups in total. The number of quaternary nitrogens is 1. The number of nitrogens with one attached hydrogen (secondary N) is 2. The Kier molecular flexibility index (Phi) is 6.22. The van der Waals surface area contributed by atoms with E-state index in [1.807, 2.05) is 0 Å². The molecule has 144 valence electrons. The molecule has 5 heteroatoms. The van der Waals surface area contributed by atoms with Gasteiger partial charge >= 0.3 is 0 Å². The molecule has 1 aromatic carbocycles. The lowest BCUT2D eigenvalue weighted by Gasteiger charge is -2.27. The summed E-state index contributed by atoms with van der Waals surface area (Å²) in [5.74, 6) is 0.154. The van der Waals surface area contributed by atoms with Crippen molar-refractivity contribution in [2.24, 2.45) is 0 Å². The number of rotatable bonds is 7. The number of amides is 1. The lowest BCUT2D eigenvalue weighted by Crippen LogP contribution is -3.13. The summed E-state index contributed by atoms with van der Waals surface area (Å²) in [5.41, 5.74) is 2.69. The first-order valence-electron chi connectivity index (χ1n) is 10.1. The van der Waals surface area contributed by atoms with E-state index in [1.165, 1.54) is 20.9 Å².